The van der Waals surface area contributed by atoms with E-state index in [-0.39, 0.29) is 17.6 Å². The highest BCUT2D eigenvalue weighted by Gasteiger charge is 2.18. The molecule has 0 radical (unpaired) electrons. The number of anilines is 1. The third-order valence-electron chi connectivity index (χ3n) is 2.70. The normalized spacial score (nSPS) is 10.3. The van der Waals surface area contributed by atoms with Crippen LogP contribution < -0.4 is 16.3 Å². The van der Waals surface area contributed by atoms with Gasteiger partial charge in [-0.2, -0.15) is 0 Å². The molecular formula is C13H14BFN2O2. The summed E-state index contributed by atoms with van der Waals surface area (Å²) in [4.78, 5) is 0. The number of hydrogen-bond acceptors (Lipinski definition) is 4. The van der Waals surface area contributed by atoms with Gasteiger partial charge in [-0.3, -0.25) is 0 Å². The zero-order valence-electron chi connectivity index (χ0n) is 10.2. The van der Waals surface area contributed by atoms with E-state index in [2.05, 4.69) is 10.9 Å². The highest BCUT2D eigenvalue weighted by Crippen LogP contribution is 2.06. The summed E-state index contributed by atoms with van der Waals surface area (Å²) in [6, 6.07) is 13.6. The predicted molar refractivity (Wildman–Crippen MR) is 73.1 cm³/mol. The molecule has 0 aliphatic rings. The third-order valence-corrected chi connectivity index (χ3v) is 2.70. The SMILES string of the molecule is OB(O)c1cccc(F)c1CNNc1ccccc1. The van der Waals surface area contributed by atoms with Gasteiger partial charge in [-0.1, -0.05) is 30.3 Å². The fraction of sp³-hybridized carbons (Fsp3) is 0.0769. The van der Waals surface area contributed by atoms with Crippen LogP contribution in [0.25, 0.3) is 0 Å². The summed E-state index contributed by atoms with van der Waals surface area (Å²) < 4.78 is 13.6. The van der Waals surface area contributed by atoms with E-state index in [1.807, 2.05) is 30.3 Å². The van der Waals surface area contributed by atoms with Crippen LogP contribution in [0.15, 0.2) is 48.5 Å². The maximum atomic E-state index is 13.6. The summed E-state index contributed by atoms with van der Waals surface area (Å²) in [6.45, 7) is 0.133. The number of hydrazine groups is 1. The molecule has 6 heteroatoms. The van der Waals surface area contributed by atoms with Crippen molar-refractivity contribution in [3.63, 3.8) is 0 Å². The Kier molecular flexibility index (Phi) is 4.51. The van der Waals surface area contributed by atoms with Gasteiger partial charge in [0.1, 0.15) is 5.82 Å². The molecule has 0 aromatic heterocycles. The second kappa shape index (κ2) is 6.33. The molecule has 0 spiro atoms. The zero-order valence-corrected chi connectivity index (χ0v) is 10.2. The molecule has 0 saturated heterocycles. The van der Waals surface area contributed by atoms with Crippen LogP contribution in [0.4, 0.5) is 10.1 Å². The molecule has 0 fully saturated rings. The van der Waals surface area contributed by atoms with Gasteiger partial charge in [0.05, 0.1) is 0 Å². The van der Waals surface area contributed by atoms with Crippen molar-refractivity contribution in [3.8, 4) is 0 Å². The summed E-state index contributed by atoms with van der Waals surface area (Å²) in [5, 5.41) is 18.4. The molecule has 2 rings (SSSR count). The lowest BCUT2D eigenvalue weighted by molar-refractivity contribution is 0.424. The highest BCUT2D eigenvalue weighted by atomic mass is 19.1. The van der Waals surface area contributed by atoms with E-state index in [9.17, 15) is 14.4 Å². The number of halogens is 1. The minimum atomic E-state index is -1.69. The largest absolute Gasteiger partial charge is 0.488 e. The monoisotopic (exact) mass is 260 g/mol. The molecule has 98 valence electrons. The van der Waals surface area contributed by atoms with Crippen LogP contribution >= 0.6 is 0 Å². The van der Waals surface area contributed by atoms with Gasteiger partial charge in [0, 0.05) is 17.8 Å². The Morgan fingerprint density at radius 2 is 1.74 bits per heavy atom. The van der Waals surface area contributed by atoms with Gasteiger partial charge in [-0.25, -0.2) is 9.82 Å². The van der Waals surface area contributed by atoms with Gasteiger partial charge in [-0.05, 0) is 23.7 Å². The van der Waals surface area contributed by atoms with E-state index in [0.29, 0.717) is 0 Å². The Hall–Kier alpha value is -1.89. The van der Waals surface area contributed by atoms with Gasteiger partial charge in [0.2, 0.25) is 0 Å². The lowest BCUT2D eigenvalue weighted by Crippen LogP contribution is -2.36. The van der Waals surface area contributed by atoms with Crippen LogP contribution in [0.2, 0.25) is 0 Å². The second-order valence-corrected chi connectivity index (χ2v) is 4.03. The first kappa shape index (κ1) is 13.5. The molecule has 0 heterocycles. The van der Waals surface area contributed by atoms with E-state index in [0.717, 1.165) is 5.69 Å². The van der Waals surface area contributed by atoms with Gasteiger partial charge in [0.15, 0.2) is 0 Å². The van der Waals surface area contributed by atoms with Crippen LogP contribution in [0.5, 0.6) is 0 Å². The number of benzene rings is 2. The summed E-state index contributed by atoms with van der Waals surface area (Å²) >= 11 is 0. The van der Waals surface area contributed by atoms with Crippen molar-refractivity contribution < 1.29 is 14.4 Å². The summed E-state index contributed by atoms with van der Waals surface area (Å²) in [5.41, 5.74) is 6.96. The first-order valence-corrected chi connectivity index (χ1v) is 5.86. The average molecular weight is 260 g/mol. The molecule has 0 atom stereocenters. The van der Waals surface area contributed by atoms with Gasteiger partial charge in [0.25, 0.3) is 0 Å². The van der Waals surface area contributed by atoms with E-state index < -0.39 is 12.9 Å². The topological polar surface area (TPSA) is 64.5 Å². The summed E-state index contributed by atoms with van der Waals surface area (Å²) in [6.07, 6.45) is 0. The van der Waals surface area contributed by atoms with E-state index >= 15 is 0 Å². The molecule has 19 heavy (non-hydrogen) atoms. The minimum absolute atomic E-state index is 0.133. The molecule has 0 unspecified atom stereocenters. The molecule has 0 saturated carbocycles. The predicted octanol–water partition coefficient (Wildman–Crippen LogP) is 0.622. The Morgan fingerprint density at radius 3 is 2.42 bits per heavy atom. The number of hydrogen-bond donors (Lipinski definition) is 4. The molecule has 2 aromatic rings. The molecule has 4 N–H and O–H groups in total. The van der Waals surface area contributed by atoms with Crippen molar-refractivity contribution in [3.05, 3.63) is 59.9 Å². The Bertz CT molecular complexity index is 537. The lowest BCUT2D eigenvalue weighted by atomic mass is 9.77. The van der Waals surface area contributed by atoms with Crippen LogP contribution in [0, 0.1) is 5.82 Å². The Morgan fingerprint density at radius 1 is 1.00 bits per heavy atom. The van der Waals surface area contributed by atoms with Crippen molar-refractivity contribution in [2.45, 2.75) is 6.54 Å². The third kappa shape index (κ3) is 3.54. The Balaban J connectivity index is 2.03. The molecule has 0 bridgehead atoms. The minimum Gasteiger partial charge on any atom is -0.423 e. The molecule has 0 aliphatic heterocycles. The highest BCUT2D eigenvalue weighted by molar-refractivity contribution is 6.59. The first-order chi connectivity index (χ1) is 9.18. The van der Waals surface area contributed by atoms with Gasteiger partial charge in [-0.15, -0.1) is 0 Å². The standard InChI is InChI=1S/C13H14BFN2O2/c15-13-8-4-7-12(14(18)19)11(13)9-16-17-10-5-2-1-3-6-10/h1-8,16-19H,9H2. The fourth-order valence-corrected chi connectivity index (χ4v) is 1.76. The van der Waals surface area contributed by atoms with Crippen LogP contribution in [-0.4, -0.2) is 17.2 Å². The van der Waals surface area contributed by atoms with Crippen LogP contribution in [-0.2, 0) is 6.54 Å². The zero-order chi connectivity index (χ0) is 13.7. The fourth-order valence-electron chi connectivity index (χ4n) is 1.76. The van der Waals surface area contributed by atoms with Gasteiger partial charge >= 0.3 is 7.12 Å². The molecular weight excluding hydrogens is 246 g/mol. The second-order valence-electron chi connectivity index (χ2n) is 4.03. The van der Waals surface area contributed by atoms with Crippen molar-refractivity contribution in [1.29, 1.82) is 0 Å². The van der Waals surface area contributed by atoms with E-state index in [1.165, 1.54) is 18.2 Å². The van der Waals surface area contributed by atoms with Crippen molar-refractivity contribution in [2.24, 2.45) is 0 Å². The molecule has 4 nitrogen and oxygen atoms in total. The smallest absolute Gasteiger partial charge is 0.423 e. The lowest BCUT2D eigenvalue weighted by Gasteiger charge is -2.12. The maximum Gasteiger partial charge on any atom is 0.488 e. The molecule has 0 amide bonds. The average Bonchev–Trinajstić information content (AvgIpc) is 2.41. The van der Waals surface area contributed by atoms with Gasteiger partial charge < -0.3 is 15.5 Å². The number of nitrogens with one attached hydrogen (secondary N) is 2. The molecule has 2 aromatic carbocycles. The number of para-hydroxylation sites is 1. The Labute approximate surface area is 111 Å². The summed E-state index contributed by atoms with van der Waals surface area (Å²) in [5.74, 6) is -0.479. The van der Waals surface area contributed by atoms with Crippen LogP contribution in [0.1, 0.15) is 5.56 Å². The first-order valence-electron chi connectivity index (χ1n) is 5.86. The molecule has 0 aliphatic carbocycles. The quantitative estimate of drug-likeness (QED) is 0.470. The van der Waals surface area contributed by atoms with Crippen molar-refractivity contribution >= 4 is 18.3 Å². The van der Waals surface area contributed by atoms with Crippen molar-refractivity contribution in [2.75, 3.05) is 5.43 Å². The van der Waals surface area contributed by atoms with Crippen LogP contribution in [0.3, 0.4) is 0 Å². The maximum absolute atomic E-state index is 13.6. The van der Waals surface area contributed by atoms with E-state index in [1.54, 1.807) is 0 Å². The number of rotatable bonds is 5. The van der Waals surface area contributed by atoms with Crippen molar-refractivity contribution in [1.82, 2.24) is 5.43 Å². The summed E-state index contributed by atoms with van der Waals surface area (Å²) in [7, 11) is -1.69. The van der Waals surface area contributed by atoms with E-state index in [4.69, 9.17) is 0 Å².